The highest BCUT2D eigenvalue weighted by atomic mass is 19.1. The van der Waals surface area contributed by atoms with E-state index in [0.717, 1.165) is 46.6 Å². The van der Waals surface area contributed by atoms with E-state index in [1.807, 2.05) is 48.6 Å². The van der Waals surface area contributed by atoms with E-state index in [9.17, 15) is 4.39 Å². The maximum Gasteiger partial charge on any atom is 0.165 e. The molecule has 0 aliphatic carbocycles. The molecule has 3 nitrogen and oxygen atoms in total. The summed E-state index contributed by atoms with van der Waals surface area (Å²) in [6.45, 7) is 0. The van der Waals surface area contributed by atoms with Crippen molar-refractivity contribution in [3.63, 3.8) is 0 Å². The molecule has 0 radical (unpaired) electrons. The van der Waals surface area contributed by atoms with Crippen molar-refractivity contribution in [1.82, 2.24) is 0 Å². The number of halogens is 1. The predicted octanol–water partition coefficient (Wildman–Crippen LogP) is 7.57. The minimum Gasteiger partial charge on any atom is -0.497 e. The zero-order chi connectivity index (χ0) is 23.5. The van der Waals surface area contributed by atoms with Crippen molar-refractivity contribution in [1.29, 1.82) is 0 Å². The van der Waals surface area contributed by atoms with E-state index >= 15 is 0 Å². The van der Waals surface area contributed by atoms with Crippen LogP contribution in [0.1, 0.15) is 22.3 Å². The van der Waals surface area contributed by atoms with Crippen molar-refractivity contribution >= 4 is 12.2 Å². The van der Waals surface area contributed by atoms with E-state index in [-0.39, 0.29) is 5.75 Å². The first kappa shape index (κ1) is 21.8. The van der Waals surface area contributed by atoms with Gasteiger partial charge in [-0.15, -0.1) is 0 Å². The summed E-state index contributed by atoms with van der Waals surface area (Å²) in [6, 6.07) is 25.0. The molecule has 6 bridgehead atoms. The van der Waals surface area contributed by atoms with Gasteiger partial charge < -0.3 is 14.2 Å². The minimum absolute atomic E-state index is 0.199. The Morgan fingerprint density at radius 2 is 1.44 bits per heavy atom. The van der Waals surface area contributed by atoms with Crippen molar-refractivity contribution in [2.24, 2.45) is 0 Å². The smallest absolute Gasteiger partial charge is 0.165 e. The van der Waals surface area contributed by atoms with Gasteiger partial charge in [-0.05, 0) is 83.1 Å². The van der Waals surface area contributed by atoms with Crippen LogP contribution in [-0.4, -0.2) is 14.2 Å². The van der Waals surface area contributed by atoms with Crippen LogP contribution in [0.15, 0.2) is 78.9 Å². The molecule has 0 N–H and O–H groups in total. The zero-order valence-electron chi connectivity index (χ0n) is 19.2. The van der Waals surface area contributed by atoms with Gasteiger partial charge in [0.25, 0.3) is 0 Å². The molecule has 170 valence electrons. The van der Waals surface area contributed by atoms with Crippen LogP contribution in [0.25, 0.3) is 23.3 Å². The molecule has 0 unspecified atom stereocenters. The van der Waals surface area contributed by atoms with Crippen molar-refractivity contribution in [3.05, 3.63) is 107 Å². The molecule has 0 atom stereocenters. The van der Waals surface area contributed by atoms with E-state index in [0.29, 0.717) is 5.75 Å². The van der Waals surface area contributed by atoms with Crippen molar-refractivity contribution < 1.29 is 18.6 Å². The Morgan fingerprint density at radius 3 is 2.21 bits per heavy atom. The van der Waals surface area contributed by atoms with Gasteiger partial charge in [0.1, 0.15) is 17.2 Å². The molecule has 4 heteroatoms. The van der Waals surface area contributed by atoms with Crippen LogP contribution in [0.2, 0.25) is 0 Å². The number of methoxy groups -OCH3 is 2. The Hall–Kier alpha value is -4.05. The van der Waals surface area contributed by atoms with Crippen LogP contribution in [0, 0.1) is 5.82 Å². The molecule has 0 saturated carbocycles. The summed E-state index contributed by atoms with van der Waals surface area (Å²) in [5.74, 6) is 2.03. The SMILES string of the molecule is COc1ccc2c(c1)CCc1ccc(cc1)Oc1cc(ccc1F)/C=C\c1ccc-2c(OC)c1. The number of benzene rings is 4. The molecule has 4 aliphatic heterocycles. The monoisotopic (exact) mass is 452 g/mol. The van der Waals surface area contributed by atoms with Crippen molar-refractivity contribution in [2.45, 2.75) is 12.8 Å². The Labute approximate surface area is 199 Å². The van der Waals surface area contributed by atoms with Gasteiger partial charge in [0, 0.05) is 5.56 Å². The largest absolute Gasteiger partial charge is 0.497 e. The third-order valence-corrected chi connectivity index (χ3v) is 6.09. The third-order valence-electron chi connectivity index (χ3n) is 6.09. The zero-order valence-corrected chi connectivity index (χ0v) is 19.2. The Bertz CT molecular complexity index is 1360. The molecule has 4 aromatic carbocycles. The maximum absolute atomic E-state index is 14.4. The standard InChI is InChI=1S/C30H25FO3/c1-32-25-13-15-26-23(19-25)10-5-20-6-11-24(12-7-20)34-30-18-22(9-16-28(30)31)4-3-21-8-14-27(26)29(17-21)33-2/h3-4,6-9,11-19H,5,10H2,1-2H3/b4-3-. The summed E-state index contributed by atoms with van der Waals surface area (Å²) in [5.41, 5.74) is 6.33. The van der Waals surface area contributed by atoms with Gasteiger partial charge in [0.15, 0.2) is 11.6 Å². The average molecular weight is 453 g/mol. The molecule has 0 fully saturated rings. The fourth-order valence-electron chi connectivity index (χ4n) is 4.23. The first-order chi connectivity index (χ1) is 16.6. The predicted molar refractivity (Wildman–Crippen MR) is 134 cm³/mol. The molecule has 4 heterocycles. The molecule has 0 amide bonds. The Kier molecular flexibility index (Phi) is 6.05. The normalized spacial score (nSPS) is 13.4. The lowest BCUT2D eigenvalue weighted by Gasteiger charge is -2.16. The third kappa shape index (κ3) is 4.53. The van der Waals surface area contributed by atoms with E-state index in [1.54, 1.807) is 26.4 Å². The summed E-state index contributed by atoms with van der Waals surface area (Å²) >= 11 is 0. The Balaban J connectivity index is 1.65. The van der Waals surface area contributed by atoms with E-state index in [4.69, 9.17) is 14.2 Å². The summed E-state index contributed by atoms with van der Waals surface area (Å²) in [4.78, 5) is 0. The summed E-state index contributed by atoms with van der Waals surface area (Å²) < 4.78 is 31.5. The van der Waals surface area contributed by atoms with E-state index in [1.165, 1.54) is 17.2 Å². The number of hydrogen-bond donors (Lipinski definition) is 0. The second-order valence-corrected chi connectivity index (χ2v) is 8.25. The summed E-state index contributed by atoms with van der Waals surface area (Å²) in [5, 5.41) is 0. The molecule has 0 aromatic heterocycles. The quantitative estimate of drug-likeness (QED) is 0.314. The van der Waals surface area contributed by atoms with E-state index in [2.05, 4.69) is 24.3 Å². The van der Waals surface area contributed by atoms with Crippen LogP contribution >= 0.6 is 0 Å². The van der Waals surface area contributed by atoms with Gasteiger partial charge in [-0.1, -0.05) is 48.6 Å². The summed E-state index contributed by atoms with van der Waals surface area (Å²) in [7, 11) is 3.37. The molecule has 4 aromatic rings. The van der Waals surface area contributed by atoms with Gasteiger partial charge in [-0.2, -0.15) is 0 Å². The van der Waals surface area contributed by atoms with Gasteiger partial charge >= 0.3 is 0 Å². The maximum atomic E-state index is 14.4. The molecule has 8 rings (SSSR count). The van der Waals surface area contributed by atoms with Gasteiger partial charge in [-0.3, -0.25) is 0 Å². The highest BCUT2D eigenvalue weighted by molar-refractivity contribution is 5.78. The van der Waals surface area contributed by atoms with Gasteiger partial charge in [-0.25, -0.2) is 4.39 Å². The first-order valence-corrected chi connectivity index (χ1v) is 11.2. The van der Waals surface area contributed by atoms with E-state index < -0.39 is 5.82 Å². The highest BCUT2D eigenvalue weighted by Crippen LogP contribution is 2.36. The fourth-order valence-corrected chi connectivity index (χ4v) is 4.23. The molecule has 0 spiro atoms. The summed E-state index contributed by atoms with van der Waals surface area (Å²) in [6.07, 6.45) is 5.59. The fraction of sp³-hybridized carbons (Fsp3) is 0.133. The topological polar surface area (TPSA) is 27.7 Å². The molecule has 0 saturated heterocycles. The minimum atomic E-state index is -0.396. The second-order valence-electron chi connectivity index (χ2n) is 8.25. The highest BCUT2D eigenvalue weighted by Gasteiger charge is 2.13. The first-order valence-electron chi connectivity index (χ1n) is 11.2. The lowest BCUT2D eigenvalue weighted by atomic mass is 9.93. The van der Waals surface area contributed by atoms with Crippen LogP contribution in [-0.2, 0) is 12.8 Å². The lowest BCUT2D eigenvalue weighted by Crippen LogP contribution is -1.98. The van der Waals surface area contributed by atoms with Crippen LogP contribution in [0.4, 0.5) is 4.39 Å². The number of aryl methyl sites for hydroxylation is 2. The number of hydrogen-bond acceptors (Lipinski definition) is 3. The lowest BCUT2D eigenvalue weighted by molar-refractivity contribution is 0.413. The van der Waals surface area contributed by atoms with Crippen LogP contribution < -0.4 is 14.2 Å². The molecular formula is C30H25FO3. The average Bonchev–Trinajstić information content (AvgIpc) is 2.88. The number of ether oxygens (including phenoxy) is 3. The van der Waals surface area contributed by atoms with Crippen LogP contribution in [0.3, 0.4) is 0 Å². The second kappa shape index (κ2) is 9.44. The molecule has 4 aliphatic rings. The van der Waals surface area contributed by atoms with Gasteiger partial charge in [0.05, 0.1) is 14.2 Å². The van der Waals surface area contributed by atoms with Crippen LogP contribution in [0.5, 0.6) is 23.0 Å². The van der Waals surface area contributed by atoms with Crippen molar-refractivity contribution in [3.8, 4) is 34.1 Å². The molecular weight excluding hydrogens is 427 g/mol. The number of rotatable bonds is 2. The molecule has 34 heavy (non-hydrogen) atoms. The van der Waals surface area contributed by atoms with Gasteiger partial charge in [0.2, 0.25) is 0 Å². The Morgan fingerprint density at radius 1 is 0.706 bits per heavy atom. The van der Waals surface area contributed by atoms with Crippen molar-refractivity contribution in [2.75, 3.05) is 14.2 Å².